The second kappa shape index (κ2) is 7.21. The highest BCUT2D eigenvalue weighted by atomic mass is 32.1. The van der Waals surface area contributed by atoms with Gasteiger partial charge in [0.25, 0.3) is 0 Å². The van der Waals surface area contributed by atoms with Crippen molar-refractivity contribution in [3.63, 3.8) is 0 Å². The second-order valence-corrected chi connectivity index (χ2v) is 5.30. The Morgan fingerprint density at radius 2 is 2.00 bits per heavy atom. The van der Waals surface area contributed by atoms with E-state index in [1.807, 2.05) is 30.1 Å². The van der Waals surface area contributed by atoms with Gasteiger partial charge in [0.15, 0.2) is 0 Å². The van der Waals surface area contributed by atoms with Crippen molar-refractivity contribution in [2.45, 2.75) is 6.54 Å². The molecule has 1 aromatic carbocycles. The number of carbonyl (C=O) groups excluding carboxylic acids is 1. The molecule has 0 spiro atoms. The maximum Gasteiger partial charge on any atom is 0.236 e. The molecule has 6 heteroatoms. The molecule has 0 saturated carbocycles. The van der Waals surface area contributed by atoms with E-state index in [9.17, 15) is 4.79 Å². The molecule has 0 aliphatic carbocycles. The maximum absolute atomic E-state index is 11.6. The highest BCUT2D eigenvalue weighted by Gasteiger charge is 2.11. The van der Waals surface area contributed by atoms with Gasteiger partial charge in [-0.2, -0.15) is 0 Å². The molecule has 0 radical (unpaired) electrons. The predicted octanol–water partition coefficient (Wildman–Crippen LogP) is 0.849. The lowest BCUT2D eigenvalue weighted by Crippen LogP contribution is -2.34. The minimum atomic E-state index is 0.0654. The highest BCUT2D eigenvalue weighted by molar-refractivity contribution is 7.80. The van der Waals surface area contributed by atoms with Crippen molar-refractivity contribution < 1.29 is 9.53 Å². The summed E-state index contributed by atoms with van der Waals surface area (Å²) in [7, 11) is 6.97. The average molecular weight is 295 g/mol. The normalized spacial score (nSPS) is 10.4. The first-order chi connectivity index (χ1) is 9.35. The molecule has 0 aromatic heterocycles. The SMILES string of the molecule is COc1ccc(CN(C)CC(=O)N(C)C)cc1C(N)=S. The van der Waals surface area contributed by atoms with E-state index in [1.54, 1.807) is 26.1 Å². The van der Waals surface area contributed by atoms with Gasteiger partial charge in [0, 0.05) is 20.6 Å². The van der Waals surface area contributed by atoms with Crippen molar-refractivity contribution in [2.24, 2.45) is 5.73 Å². The minimum Gasteiger partial charge on any atom is -0.496 e. The lowest BCUT2D eigenvalue weighted by atomic mass is 10.1. The van der Waals surface area contributed by atoms with Crippen LogP contribution in [0.4, 0.5) is 0 Å². The van der Waals surface area contributed by atoms with Gasteiger partial charge in [-0.25, -0.2) is 0 Å². The van der Waals surface area contributed by atoms with Crippen molar-refractivity contribution in [3.8, 4) is 5.75 Å². The molecule has 0 aliphatic heterocycles. The molecule has 0 aliphatic rings. The predicted molar refractivity (Wildman–Crippen MR) is 83.9 cm³/mol. The number of hydrogen-bond acceptors (Lipinski definition) is 4. The van der Waals surface area contributed by atoms with Crippen molar-refractivity contribution in [2.75, 3.05) is 34.8 Å². The van der Waals surface area contributed by atoms with E-state index < -0.39 is 0 Å². The van der Waals surface area contributed by atoms with Crippen LogP contribution in [0.3, 0.4) is 0 Å². The number of benzene rings is 1. The number of amides is 1. The van der Waals surface area contributed by atoms with Gasteiger partial charge in [-0.15, -0.1) is 0 Å². The standard InChI is InChI=1S/C14H21N3O2S/c1-16(2)13(18)9-17(3)8-10-5-6-12(19-4)11(7-10)14(15)20/h5-7H,8-9H2,1-4H3,(H2,15,20). The van der Waals surface area contributed by atoms with Gasteiger partial charge >= 0.3 is 0 Å². The van der Waals surface area contributed by atoms with Crippen molar-refractivity contribution in [1.29, 1.82) is 0 Å². The van der Waals surface area contributed by atoms with Gasteiger partial charge < -0.3 is 15.4 Å². The molecule has 0 fully saturated rings. The zero-order chi connectivity index (χ0) is 15.3. The van der Waals surface area contributed by atoms with Crippen LogP contribution >= 0.6 is 12.2 Å². The number of rotatable bonds is 6. The number of ether oxygens (including phenoxy) is 1. The van der Waals surface area contributed by atoms with Crippen molar-refractivity contribution in [3.05, 3.63) is 29.3 Å². The Kier molecular flexibility index (Phi) is 5.91. The zero-order valence-electron chi connectivity index (χ0n) is 12.3. The quantitative estimate of drug-likeness (QED) is 0.789. The largest absolute Gasteiger partial charge is 0.496 e. The minimum absolute atomic E-state index is 0.0654. The van der Waals surface area contributed by atoms with Crippen molar-refractivity contribution >= 4 is 23.1 Å². The van der Waals surface area contributed by atoms with Crippen LogP contribution in [0.15, 0.2) is 18.2 Å². The van der Waals surface area contributed by atoms with Gasteiger partial charge in [-0.3, -0.25) is 9.69 Å². The molecule has 0 heterocycles. The first-order valence-corrected chi connectivity index (χ1v) is 6.61. The Morgan fingerprint density at radius 3 is 2.50 bits per heavy atom. The van der Waals surface area contributed by atoms with Crippen LogP contribution in [0.25, 0.3) is 0 Å². The van der Waals surface area contributed by atoms with E-state index in [4.69, 9.17) is 22.7 Å². The van der Waals surface area contributed by atoms with Crippen molar-refractivity contribution in [1.82, 2.24) is 9.80 Å². The fourth-order valence-electron chi connectivity index (χ4n) is 1.79. The van der Waals surface area contributed by atoms with E-state index in [0.717, 1.165) is 5.56 Å². The van der Waals surface area contributed by atoms with E-state index >= 15 is 0 Å². The molecule has 20 heavy (non-hydrogen) atoms. The summed E-state index contributed by atoms with van der Waals surface area (Å²) in [5, 5.41) is 0. The molecule has 0 atom stereocenters. The molecule has 2 N–H and O–H groups in total. The topological polar surface area (TPSA) is 58.8 Å². The van der Waals surface area contributed by atoms with Gasteiger partial charge in [0.2, 0.25) is 5.91 Å². The lowest BCUT2D eigenvalue weighted by Gasteiger charge is -2.19. The molecule has 0 saturated heterocycles. The smallest absolute Gasteiger partial charge is 0.236 e. The Balaban J connectivity index is 2.80. The van der Waals surface area contributed by atoms with E-state index in [2.05, 4.69) is 0 Å². The molecule has 1 rings (SSSR count). The number of carbonyl (C=O) groups is 1. The summed E-state index contributed by atoms with van der Waals surface area (Å²) in [6, 6.07) is 5.68. The molecule has 1 amide bonds. The third-order valence-electron chi connectivity index (χ3n) is 2.89. The molecule has 110 valence electrons. The summed E-state index contributed by atoms with van der Waals surface area (Å²) in [5.74, 6) is 0.726. The Bertz CT molecular complexity index is 503. The summed E-state index contributed by atoms with van der Waals surface area (Å²) in [6.07, 6.45) is 0. The third kappa shape index (κ3) is 4.47. The summed E-state index contributed by atoms with van der Waals surface area (Å²) < 4.78 is 5.22. The Labute approximate surface area is 125 Å². The number of likely N-dealkylation sites (N-methyl/N-ethyl adjacent to an activating group) is 2. The number of nitrogens with two attached hydrogens (primary N) is 1. The zero-order valence-corrected chi connectivity index (χ0v) is 13.2. The van der Waals surface area contributed by atoms with Crippen LogP contribution in [-0.2, 0) is 11.3 Å². The molecule has 0 bridgehead atoms. The summed E-state index contributed by atoms with van der Waals surface area (Å²) >= 11 is 5.02. The van der Waals surface area contributed by atoms with Crippen LogP contribution in [0.2, 0.25) is 0 Å². The molecule has 1 aromatic rings. The summed E-state index contributed by atoms with van der Waals surface area (Å²) in [5.41, 5.74) is 7.43. The van der Waals surface area contributed by atoms with Crippen LogP contribution in [0.1, 0.15) is 11.1 Å². The monoisotopic (exact) mass is 295 g/mol. The third-order valence-corrected chi connectivity index (χ3v) is 3.11. The van der Waals surface area contributed by atoms with Crippen LogP contribution < -0.4 is 10.5 Å². The first-order valence-electron chi connectivity index (χ1n) is 6.20. The number of methoxy groups -OCH3 is 1. The average Bonchev–Trinajstić information content (AvgIpc) is 2.38. The molecular formula is C14H21N3O2S. The second-order valence-electron chi connectivity index (χ2n) is 4.86. The van der Waals surface area contributed by atoms with E-state index in [-0.39, 0.29) is 5.91 Å². The molecular weight excluding hydrogens is 274 g/mol. The maximum atomic E-state index is 11.6. The number of nitrogens with zero attached hydrogens (tertiary/aromatic N) is 2. The fourth-order valence-corrected chi connectivity index (χ4v) is 1.95. The van der Waals surface area contributed by atoms with E-state index in [1.165, 1.54) is 0 Å². The number of thiocarbonyl (C=S) groups is 1. The Morgan fingerprint density at radius 1 is 1.35 bits per heavy atom. The first kappa shape index (κ1) is 16.4. The molecule has 5 nitrogen and oxygen atoms in total. The molecule has 0 unspecified atom stereocenters. The highest BCUT2D eigenvalue weighted by Crippen LogP contribution is 2.20. The fraction of sp³-hybridized carbons (Fsp3) is 0.429. The van der Waals surface area contributed by atoms with Crippen LogP contribution in [0, 0.1) is 0 Å². The number of hydrogen-bond donors (Lipinski definition) is 1. The van der Waals surface area contributed by atoms with Gasteiger partial charge in [-0.1, -0.05) is 18.3 Å². The lowest BCUT2D eigenvalue weighted by molar-refractivity contribution is -0.129. The van der Waals surface area contributed by atoms with Gasteiger partial charge in [0.1, 0.15) is 10.7 Å². The van der Waals surface area contributed by atoms with Crippen LogP contribution in [0.5, 0.6) is 5.75 Å². The summed E-state index contributed by atoms with van der Waals surface area (Å²) in [4.78, 5) is 15.5. The van der Waals surface area contributed by atoms with Crippen LogP contribution in [-0.4, -0.2) is 55.5 Å². The Hall–Kier alpha value is -1.66. The van der Waals surface area contributed by atoms with Gasteiger partial charge in [0.05, 0.1) is 19.2 Å². The van der Waals surface area contributed by atoms with Gasteiger partial charge in [-0.05, 0) is 24.7 Å². The summed E-state index contributed by atoms with van der Waals surface area (Å²) in [6.45, 7) is 1.00. The van der Waals surface area contributed by atoms with E-state index in [0.29, 0.717) is 29.4 Å².